The molecule has 0 atom stereocenters. The van der Waals surface area contributed by atoms with Gasteiger partial charge in [0.1, 0.15) is 0 Å². The Labute approximate surface area is 178 Å². The lowest BCUT2D eigenvalue weighted by atomic mass is 10.2. The molecule has 0 saturated carbocycles. The molecule has 0 aliphatic heterocycles. The van der Waals surface area contributed by atoms with Gasteiger partial charge in [-0.25, -0.2) is 0 Å². The number of non-ortho nitro benzene ring substituents is 1. The Bertz CT molecular complexity index is 960. The van der Waals surface area contributed by atoms with Gasteiger partial charge in [0.15, 0.2) is 10.8 Å². The summed E-state index contributed by atoms with van der Waals surface area (Å²) in [7, 11) is 0. The van der Waals surface area contributed by atoms with Gasteiger partial charge in [-0.2, -0.15) is 10.2 Å². The molecular formula is C19H21N7O3S. The molecule has 2 aromatic carbocycles. The number of thiocarbonyl (C=S) groups is 1. The van der Waals surface area contributed by atoms with Crippen LogP contribution in [0.2, 0.25) is 0 Å². The molecule has 2 aromatic rings. The molecule has 0 aliphatic carbocycles. The first-order valence-corrected chi connectivity index (χ1v) is 9.34. The van der Waals surface area contributed by atoms with Crippen molar-refractivity contribution < 1.29 is 9.72 Å². The molecule has 0 spiro atoms. The van der Waals surface area contributed by atoms with Crippen LogP contribution in [-0.2, 0) is 4.79 Å². The van der Waals surface area contributed by atoms with Crippen LogP contribution in [0.5, 0.6) is 0 Å². The number of amides is 1. The van der Waals surface area contributed by atoms with Crippen LogP contribution < -0.4 is 21.5 Å². The van der Waals surface area contributed by atoms with E-state index in [1.807, 2.05) is 13.0 Å². The number of nitrogens with zero attached hydrogens (tertiary/aromatic N) is 3. The van der Waals surface area contributed by atoms with E-state index in [0.29, 0.717) is 23.0 Å². The summed E-state index contributed by atoms with van der Waals surface area (Å²) in [6.45, 7) is 4.11. The Kier molecular flexibility index (Phi) is 8.39. The van der Waals surface area contributed by atoms with Gasteiger partial charge < -0.3 is 10.6 Å². The number of rotatable bonds is 8. The first kappa shape index (κ1) is 22.4. The Morgan fingerprint density at radius 2 is 1.73 bits per heavy atom. The van der Waals surface area contributed by atoms with Gasteiger partial charge in [-0.05, 0) is 50.3 Å². The Morgan fingerprint density at radius 1 is 1.07 bits per heavy atom. The van der Waals surface area contributed by atoms with Crippen LogP contribution >= 0.6 is 12.2 Å². The number of hydrazone groups is 2. The Morgan fingerprint density at radius 3 is 2.33 bits per heavy atom. The SMILES string of the molecule is CCNC(=S)N/N=C(C)/C(=N/Nc1ccc([N+](=O)[O-])cc1)C(=O)Nc1ccccc1. The summed E-state index contributed by atoms with van der Waals surface area (Å²) in [5, 5.41) is 24.9. The van der Waals surface area contributed by atoms with Crippen LogP contribution in [0.25, 0.3) is 0 Å². The van der Waals surface area contributed by atoms with Gasteiger partial charge in [0.05, 0.1) is 16.3 Å². The fourth-order valence-corrected chi connectivity index (χ4v) is 2.36. The summed E-state index contributed by atoms with van der Waals surface area (Å²) in [6, 6.07) is 14.5. The van der Waals surface area contributed by atoms with Gasteiger partial charge in [0.25, 0.3) is 11.6 Å². The highest BCUT2D eigenvalue weighted by molar-refractivity contribution is 7.80. The molecule has 0 saturated heterocycles. The average molecular weight is 427 g/mol. The van der Waals surface area contributed by atoms with E-state index in [9.17, 15) is 14.9 Å². The largest absolute Gasteiger partial charge is 0.362 e. The first-order valence-electron chi connectivity index (χ1n) is 8.93. The molecule has 0 aromatic heterocycles. The molecule has 30 heavy (non-hydrogen) atoms. The number of para-hydroxylation sites is 1. The van der Waals surface area contributed by atoms with Crippen molar-refractivity contribution in [2.75, 3.05) is 17.3 Å². The molecule has 0 fully saturated rings. The average Bonchev–Trinajstić information content (AvgIpc) is 2.73. The highest BCUT2D eigenvalue weighted by atomic mass is 32.1. The van der Waals surface area contributed by atoms with Gasteiger partial charge in [-0.1, -0.05) is 18.2 Å². The van der Waals surface area contributed by atoms with E-state index in [-0.39, 0.29) is 17.1 Å². The fourth-order valence-electron chi connectivity index (χ4n) is 2.17. The third kappa shape index (κ3) is 6.95. The molecule has 11 heteroatoms. The minimum atomic E-state index is -0.499. The third-order valence-corrected chi connectivity index (χ3v) is 3.86. The number of benzene rings is 2. The van der Waals surface area contributed by atoms with Crippen LogP contribution in [0.3, 0.4) is 0 Å². The van der Waals surface area contributed by atoms with Crippen LogP contribution in [0.4, 0.5) is 17.1 Å². The zero-order valence-electron chi connectivity index (χ0n) is 16.4. The molecule has 4 N–H and O–H groups in total. The molecule has 1 amide bonds. The number of anilines is 2. The lowest BCUT2D eigenvalue weighted by Crippen LogP contribution is -2.35. The second-order valence-electron chi connectivity index (χ2n) is 5.86. The van der Waals surface area contributed by atoms with Gasteiger partial charge in [-0.15, -0.1) is 0 Å². The maximum atomic E-state index is 12.8. The fraction of sp³-hybridized carbons (Fsp3) is 0.158. The Balaban J connectivity index is 2.23. The van der Waals surface area contributed by atoms with E-state index in [2.05, 4.69) is 31.7 Å². The predicted molar refractivity (Wildman–Crippen MR) is 122 cm³/mol. The monoisotopic (exact) mass is 427 g/mol. The molecule has 156 valence electrons. The first-order chi connectivity index (χ1) is 14.4. The number of carbonyl (C=O) groups is 1. The van der Waals surface area contributed by atoms with Crippen LogP contribution in [0.1, 0.15) is 13.8 Å². The van der Waals surface area contributed by atoms with Crippen molar-refractivity contribution in [3.05, 3.63) is 64.7 Å². The summed E-state index contributed by atoms with van der Waals surface area (Å²) in [5.74, 6) is -0.493. The van der Waals surface area contributed by atoms with Crippen molar-refractivity contribution in [3.63, 3.8) is 0 Å². The van der Waals surface area contributed by atoms with Gasteiger partial charge >= 0.3 is 0 Å². The maximum Gasteiger partial charge on any atom is 0.278 e. The van der Waals surface area contributed by atoms with Gasteiger partial charge in [-0.3, -0.25) is 25.8 Å². The second kappa shape index (κ2) is 11.2. The van der Waals surface area contributed by atoms with Gasteiger partial charge in [0, 0.05) is 24.4 Å². The normalized spacial score (nSPS) is 11.4. The molecule has 2 rings (SSSR count). The molecule has 0 unspecified atom stereocenters. The second-order valence-corrected chi connectivity index (χ2v) is 6.27. The van der Waals surface area contributed by atoms with Crippen molar-refractivity contribution in [1.29, 1.82) is 0 Å². The number of hydrogen-bond donors (Lipinski definition) is 4. The van der Waals surface area contributed by atoms with Crippen molar-refractivity contribution in [2.45, 2.75) is 13.8 Å². The van der Waals surface area contributed by atoms with E-state index < -0.39 is 10.8 Å². The predicted octanol–water partition coefficient (Wildman–Crippen LogP) is 2.86. The summed E-state index contributed by atoms with van der Waals surface area (Å²) in [4.78, 5) is 23.0. The molecular weight excluding hydrogens is 406 g/mol. The summed E-state index contributed by atoms with van der Waals surface area (Å²) < 4.78 is 0. The van der Waals surface area contributed by atoms with E-state index >= 15 is 0 Å². The highest BCUT2D eigenvalue weighted by Gasteiger charge is 2.16. The quantitative estimate of drug-likeness (QED) is 0.220. The van der Waals surface area contributed by atoms with E-state index in [1.54, 1.807) is 31.2 Å². The summed E-state index contributed by atoms with van der Waals surface area (Å²) in [6.07, 6.45) is 0. The highest BCUT2D eigenvalue weighted by Crippen LogP contribution is 2.15. The summed E-state index contributed by atoms with van der Waals surface area (Å²) >= 11 is 5.06. The van der Waals surface area contributed by atoms with Crippen molar-refractivity contribution in [1.82, 2.24) is 10.7 Å². The Hall–Kier alpha value is -3.86. The lowest BCUT2D eigenvalue weighted by Gasteiger charge is -2.10. The smallest absolute Gasteiger partial charge is 0.278 e. The maximum absolute atomic E-state index is 12.8. The van der Waals surface area contributed by atoms with Crippen LogP contribution in [0, 0.1) is 10.1 Å². The van der Waals surface area contributed by atoms with Gasteiger partial charge in [0.2, 0.25) is 0 Å². The minimum absolute atomic E-state index is 0.00371. The minimum Gasteiger partial charge on any atom is -0.362 e. The molecule has 0 aliphatic rings. The molecule has 0 radical (unpaired) electrons. The third-order valence-electron chi connectivity index (χ3n) is 3.63. The van der Waals surface area contributed by atoms with Crippen molar-refractivity contribution >= 4 is 51.7 Å². The van der Waals surface area contributed by atoms with Crippen LogP contribution in [0.15, 0.2) is 64.8 Å². The number of carbonyl (C=O) groups excluding carboxylic acids is 1. The van der Waals surface area contributed by atoms with E-state index in [1.165, 1.54) is 24.3 Å². The number of nitro benzene ring substituents is 1. The van der Waals surface area contributed by atoms with Crippen molar-refractivity contribution in [2.24, 2.45) is 10.2 Å². The molecule has 10 nitrogen and oxygen atoms in total. The topological polar surface area (TPSA) is 133 Å². The van der Waals surface area contributed by atoms with E-state index in [4.69, 9.17) is 12.2 Å². The zero-order chi connectivity index (χ0) is 21.9. The molecule has 0 heterocycles. The standard InChI is InChI=1S/C19H21N7O3S/c1-3-20-19(30)25-22-13(2)17(18(27)21-14-7-5-4-6-8-14)24-23-15-9-11-16(12-10-15)26(28)29/h4-12,23H,3H2,1-2H3,(H,21,27)(H2,20,25,30)/b22-13+,24-17-. The summed E-state index contributed by atoms with van der Waals surface area (Å²) in [5.41, 5.74) is 6.65. The molecule has 0 bridgehead atoms. The van der Waals surface area contributed by atoms with Crippen molar-refractivity contribution in [3.8, 4) is 0 Å². The lowest BCUT2D eigenvalue weighted by molar-refractivity contribution is -0.384. The number of nitrogens with one attached hydrogen (secondary N) is 4. The number of hydrogen-bond acceptors (Lipinski definition) is 7. The number of nitro groups is 1. The van der Waals surface area contributed by atoms with Crippen LogP contribution in [-0.4, -0.2) is 33.9 Å². The van der Waals surface area contributed by atoms with E-state index in [0.717, 1.165) is 0 Å². The zero-order valence-corrected chi connectivity index (χ0v) is 17.2.